The molecule has 0 aliphatic carbocycles. The Labute approximate surface area is 155 Å². The number of rotatable bonds is 15. The summed E-state index contributed by atoms with van der Waals surface area (Å²) in [6, 6.07) is 11.1. The van der Waals surface area contributed by atoms with Gasteiger partial charge in [0.25, 0.3) is 0 Å². The number of hydrogen-bond donors (Lipinski definition) is 0. The third-order valence-electron chi connectivity index (χ3n) is 5.47. The van der Waals surface area contributed by atoms with Gasteiger partial charge in [-0.15, -0.1) is 0 Å². The van der Waals surface area contributed by atoms with E-state index in [0.717, 1.165) is 0 Å². The first-order valence-corrected chi connectivity index (χ1v) is 14.9. The zero-order valence-corrected chi connectivity index (χ0v) is 18.0. The summed E-state index contributed by atoms with van der Waals surface area (Å²) in [4.78, 5) is 0. The molecule has 0 heterocycles. The summed E-state index contributed by atoms with van der Waals surface area (Å²) in [6.07, 6.45) is 17.5. The van der Waals surface area contributed by atoms with Gasteiger partial charge >= 0.3 is 0 Å². The molecule has 0 saturated heterocycles. The van der Waals surface area contributed by atoms with Crippen molar-refractivity contribution in [1.82, 2.24) is 0 Å². The predicted octanol–water partition coefficient (Wildman–Crippen LogP) is 8.18. The first-order valence-electron chi connectivity index (χ1n) is 10.9. The highest BCUT2D eigenvalue weighted by Gasteiger charge is 2.17. The lowest BCUT2D eigenvalue weighted by Gasteiger charge is -2.26. The van der Waals surface area contributed by atoms with Crippen LogP contribution in [0.2, 0.25) is 16.9 Å². The smallest absolute Gasteiger partial charge is 0.133 e. The summed E-state index contributed by atoms with van der Waals surface area (Å²) < 4.78 is 0. The van der Waals surface area contributed by atoms with Crippen LogP contribution in [0.1, 0.15) is 89.5 Å². The van der Waals surface area contributed by atoms with Gasteiger partial charge in [-0.2, -0.15) is 10.6 Å². The maximum Gasteiger partial charge on any atom is 0.133 e. The number of benzene rings is 1. The molecular formula is C23H42Al-. The molecule has 1 aromatic rings. The summed E-state index contributed by atoms with van der Waals surface area (Å²) in [7, 11) is 0. The van der Waals surface area contributed by atoms with Crippen molar-refractivity contribution in [3.05, 3.63) is 35.9 Å². The van der Waals surface area contributed by atoms with Gasteiger partial charge in [0.1, 0.15) is 13.1 Å². The van der Waals surface area contributed by atoms with Gasteiger partial charge in [0, 0.05) is 0 Å². The van der Waals surface area contributed by atoms with Crippen LogP contribution in [0.5, 0.6) is 0 Å². The van der Waals surface area contributed by atoms with Crippen molar-refractivity contribution < 1.29 is 0 Å². The maximum absolute atomic E-state index is 2.60. The zero-order chi connectivity index (χ0) is 17.5. The van der Waals surface area contributed by atoms with Crippen molar-refractivity contribution in [3.8, 4) is 0 Å². The van der Waals surface area contributed by atoms with Crippen LogP contribution in [-0.4, -0.2) is 13.1 Å². The van der Waals surface area contributed by atoms with E-state index in [0.29, 0.717) is 0 Å². The van der Waals surface area contributed by atoms with Gasteiger partial charge in [0.2, 0.25) is 0 Å². The zero-order valence-electron chi connectivity index (χ0n) is 16.9. The first kappa shape index (κ1) is 21.8. The van der Waals surface area contributed by atoms with Gasteiger partial charge in [-0.1, -0.05) is 120 Å². The van der Waals surface area contributed by atoms with Crippen LogP contribution in [0.3, 0.4) is 0 Å². The molecule has 0 radical (unpaired) electrons. The molecule has 0 aromatic heterocycles. The number of hydrogen-bond acceptors (Lipinski definition) is 0. The van der Waals surface area contributed by atoms with Crippen LogP contribution < -0.4 is 0 Å². The Balaban J connectivity index is 1.92. The Morgan fingerprint density at radius 1 is 0.625 bits per heavy atom. The van der Waals surface area contributed by atoms with Crippen molar-refractivity contribution in [2.45, 2.75) is 106 Å². The molecular weight excluding hydrogens is 303 g/mol. The van der Waals surface area contributed by atoms with Crippen LogP contribution in [-0.2, 0) is 5.28 Å². The molecule has 0 amide bonds. The summed E-state index contributed by atoms with van der Waals surface area (Å²) in [5.41, 5.74) is 1.56. The summed E-state index contributed by atoms with van der Waals surface area (Å²) in [5, 5.41) is 2.91. The average Bonchev–Trinajstić information content (AvgIpc) is 2.56. The van der Waals surface area contributed by atoms with E-state index in [-0.39, 0.29) is 0 Å². The molecule has 138 valence electrons. The van der Waals surface area contributed by atoms with Gasteiger partial charge in [-0.3, -0.25) is 0 Å². The molecule has 0 N–H and O–H groups in total. The predicted molar refractivity (Wildman–Crippen MR) is 114 cm³/mol. The third kappa shape index (κ3) is 12.2. The second-order valence-corrected chi connectivity index (χ2v) is 14.9. The second-order valence-electron chi connectivity index (χ2n) is 8.87. The van der Waals surface area contributed by atoms with E-state index in [1.165, 1.54) is 87.6 Å². The lowest BCUT2D eigenvalue weighted by atomic mass is 10.1. The van der Waals surface area contributed by atoms with Crippen LogP contribution in [0.15, 0.2) is 30.3 Å². The lowest BCUT2D eigenvalue weighted by Crippen LogP contribution is -2.28. The van der Waals surface area contributed by atoms with E-state index in [2.05, 4.69) is 48.8 Å². The molecule has 0 fully saturated rings. The second kappa shape index (κ2) is 14.0. The monoisotopic (exact) mass is 345 g/mol. The van der Waals surface area contributed by atoms with Gasteiger partial charge in [-0.25, -0.2) is 11.6 Å². The highest BCUT2D eigenvalue weighted by atomic mass is 27.2. The minimum Gasteiger partial charge on any atom is -0.203 e. The summed E-state index contributed by atoms with van der Waals surface area (Å²) >= 11 is -1.34. The fraction of sp³-hybridized carbons (Fsp3) is 0.739. The van der Waals surface area contributed by atoms with E-state index in [1.54, 1.807) is 5.56 Å². The fourth-order valence-corrected chi connectivity index (χ4v) is 7.04. The lowest BCUT2D eigenvalue weighted by molar-refractivity contribution is 0.547. The van der Waals surface area contributed by atoms with Gasteiger partial charge in [0.15, 0.2) is 0 Å². The van der Waals surface area contributed by atoms with E-state index < -0.39 is 13.1 Å². The quantitative estimate of drug-likeness (QED) is 0.222. The molecule has 1 rings (SSSR count). The Morgan fingerprint density at radius 2 is 1.08 bits per heavy atom. The van der Waals surface area contributed by atoms with E-state index >= 15 is 0 Å². The molecule has 0 aliphatic rings. The molecule has 24 heavy (non-hydrogen) atoms. The summed E-state index contributed by atoms with van der Waals surface area (Å²) in [6.45, 7) is 2.30. The van der Waals surface area contributed by atoms with E-state index in [9.17, 15) is 0 Å². The molecule has 0 bridgehead atoms. The molecule has 0 nitrogen and oxygen atoms in total. The largest absolute Gasteiger partial charge is 0.203 e. The Kier molecular flexibility index (Phi) is 12.7. The van der Waals surface area contributed by atoms with Gasteiger partial charge in [-0.05, 0) is 0 Å². The Morgan fingerprint density at radius 3 is 1.58 bits per heavy atom. The van der Waals surface area contributed by atoms with Crippen LogP contribution in [0.25, 0.3) is 0 Å². The first-order chi connectivity index (χ1) is 11.6. The minimum atomic E-state index is -1.34. The molecule has 1 aromatic carbocycles. The molecule has 0 atom stereocenters. The molecule has 0 spiro atoms. The molecule has 0 unspecified atom stereocenters. The highest BCUT2D eigenvalue weighted by Crippen LogP contribution is 2.20. The number of unbranched alkanes of at least 4 members (excludes halogenated alkanes) is 11. The Hall–Kier alpha value is -0.248. The average molecular weight is 346 g/mol. The maximum atomic E-state index is 2.60. The molecule has 0 saturated carbocycles. The summed E-state index contributed by atoms with van der Waals surface area (Å²) in [5.74, 6) is 5.19. The van der Waals surface area contributed by atoms with Gasteiger partial charge in [0.05, 0.1) is 0 Å². The van der Waals surface area contributed by atoms with E-state index in [1.807, 2.05) is 0 Å². The third-order valence-corrected chi connectivity index (χ3v) is 9.02. The standard InChI is InChI=1S/C14H29.C7H7.2CH3.Al/c1-3-5-7-9-11-13-14-12-10-8-6-4-2;1-7-5-3-2-4-6-7;;;/h1,3-14H2,2H3;2-6H,1H2;2*1H3;/q;;;;-1. The van der Waals surface area contributed by atoms with Crippen molar-refractivity contribution in [2.75, 3.05) is 0 Å². The van der Waals surface area contributed by atoms with Crippen LogP contribution in [0, 0.1) is 0 Å². The highest BCUT2D eigenvalue weighted by molar-refractivity contribution is 6.76. The van der Waals surface area contributed by atoms with E-state index in [4.69, 9.17) is 0 Å². The fourth-order valence-electron chi connectivity index (χ4n) is 3.89. The van der Waals surface area contributed by atoms with Crippen molar-refractivity contribution >= 4 is 13.1 Å². The molecule has 0 aliphatic heterocycles. The van der Waals surface area contributed by atoms with Gasteiger partial charge < -0.3 is 0 Å². The van der Waals surface area contributed by atoms with Crippen molar-refractivity contribution in [1.29, 1.82) is 0 Å². The molecule has 1 heteroatoms. The van der Waals surface area contributed by atoms with Crippen LogP contribution in [0.4, 0.5) is 0 Å². The normalized spacial score (nSPS) is 11.8. The van der Waals surface area contributed by atoms with Crippen LogP contribution >= 0.6 is 0 Å². The topological polar surface area (TPSA) is 0 Å². The SMILES string of the molecule is CCCCCCCCCCCCC[CH2][Al-]([CH3])([CH3])[CH2]c1ccccc1. The minimum absolute atomic E-state index is 1.34. The van der Waals surface area contributed by atoms with Crippen molar-refractivity contribution in [2.24, 2.45) is 0 Å². The van der Waals surface area contributed by atoms with Crippen molar-refractivity contribution in [3.63, 3.8) is 0 Å². The Bertz CT molecular complexity index is 382.